The van der Waals surface area contributed by atoms with Gasteiger partial charge in [0.2, 0.25) is 5.78 Å². The van der Waals surface area contributed by atoms with Gasteiger partial charge in [0, 0.05) is 5.56 Å². The van der Waals surface area contributed by atoms with E-state index in [0.29, 0.717) is 53.1 Å². The zero-order chi connectivity index (χ0) is 20.9. The van der Waals surface area contributed by atoms with Crippen LogP contribution in [0.5, 0.6) is 23.0 Å². The van der Waals surface area contributed by atoms with E-state index < -0.39 is 0 Å². The molecule has 1 unspecified atom stereocenters. The van der Waals surface area contributed by atoms with Crippen LogP contribution in [0.4, 0.5) is 0 Å². The summed E-state index contributed by atoms with van der Waals surface area (Å²) in [7, 11) is 0. The van der Waals surface area contributed by atoms with E-state index in [1.54, 1.807) is 36.6 Å². The second kappa shape index (κ2) is 6.77. The van der Waals surface area contributed by atoms with Crippen LogP contribution in [0.1, 0.15) is 39.6 Å². The van der Waals surface area contributed by atoms with Gasteiger partial charge in [0.05, 0.1) is 24.2 Å². The first-order valence-corrected chi connectivity index (χ1v) is 9.92. The Labute approximate surface area is 176 Å². The van der Waals surface area contributed by atoms with E-state index in [1.165, 1.54) is 0 Å². The summed E-state index contributed by atoms with van der Waals surface area (Å²) in [6.07, 6.45) is 3.33. The lowest BCUT2D eigenvalue weighted by molar-refractivity contribution is -0.135. The summed E-state index contributed by atoms with van der Waals surface area (Å²) in [5.41, 5.74) is 1.83. The molecular weight excluding hydrogens is 400 g/mol. The van der Waals surface area contributed by atoms with E-state index in [1.807, 2.05) is 18.2 Å². The van der Waals surface area contributed by atoms with Crippen LogP contribution in [0.2, 0.25) is 0 Å². The summed E-state index contributed by atoms with van der Waals surface area (Å²) in [4.78, 5) is 25.2. The molecule has 0 aliphatic carbocycles. The number of fused-ring (bicyclic) bond motifs is 4. The molecule has 0 N–H and O–H groups in total. The van der Waals surface area contributed by atoms with Gasteiger partial charge in [-0.1, -0.05) is 6.07 Å². The van der Waals surface area contributed by atoms with Crippen molar-refractivity contribution >= 4 is 17.8 Å². The Morgan fingerprint density at radius 3 is 2.58 bits per heavy atom. The van der Waals surface area contributed by atoms with E-state index in [4.69, 9.17) is 23.4 Å². The van der Waals surface area contributed by atoms with Crippen molar-refractivity contribution in [2.75, 3.05) is 13.2 Å². The summed E-state index contributed by atoms with van der Waals surface area (Å²) in [6, 6.07) is 12.3. The zero-order valence-corrected chi connectivity index (χ0v) is 16.3. The highest BCUT2D eigenvalue weighted by Crippen LogP contribution is 2.49. The maximum Gasteiger partial charge on any atom is 0.312 e. The molecule has 4 heterocycles. The molecule has 0 fully saturated rings. The molecule has 0 bridgehead atoms. The van der Waals surface area contributed by atoms with Crippen molar-refractivity contribution < 1.29 is 33.0 Å². The molecule has 1 atom stereocenters. The van der Waals surface area contributed by atoms with Crippen LogP contribution < -0.4 is 18.9 Å². The predicted octanol–water partition coefficient (Wildman–Crippen LogP) is 4.11. The highest BCUT2D eigenvalue weighted by Gasteiger charge is 2.39. The predicted molar refractivity (Wildman–Crippen MR) is 108 cm³/mol. The molecule has 2 aromatic carbocycles. The second-order valence-corrected chi connectivity index (χ2v) is 7.44. The summed E-state index contributed by atoms with van der Waals surface area (Å²) < 4.78 is 28.2. The first-order chi connectivity index (χ1) is 15.2. The minimum atomic E-state index is -0.386. The van der Waals surface area contributed by atoms with Gasteiger partial charge in [0.25, 0.3) is 0 Å². The van der Waals surface area contributed by atoms with Crippen molar-refractivity contribution in [3.63, 3.8) is 0 Å². The van der Waals surface area contributed by atoms with Crippen LogP contribution in [-0.2, 0) is 4.79 Å². The molecule has 0 radical (unpaired) electrons. The first-order valence-electron chi connectivity index (χ1n) is 9.92. The van der Waals surface area contributed by atoms with Gasteiger partial charge in [-0.05, 0) is 48.0 Å². The molecule has 0 saturated heterocycles. The Morgan fingerprint density at radius 2 is 1.74 bits per heavy atom. The summed E-state index contributed by atoms with van der Waals surface area (Å²) in [5.74, 6) is 1.92. The van der Waals surface area contributed by atoms with E-state index >= 15 is 0 Å². The molecule has 31 heavy (non-hydrogen) atoms. The molecule has 154 valence electrons. The van der Waals surface area contributed by atoms with E-state index in [0.717, 1.165) is 5.56 Å². The maximum absolute atomic E-state index is 13.1. The maximum atomic E-state index is 13.1. The third-order valence-electron chi connectivity index (χ3n) is 5.53. The molecule has 0 amide bonds. The van der Waals surface area contributed by atoms with Crippen LogP contribution >= 0.6 is 0 Å². The number of ketones is 1. The average Bonchev–Trinajstić information content (AvgIpc) is 3.42. The van der Waals surface area contributed by atoms with Gasteiger partial charge in [0.1, 0.15) is 30.5 Å². The fraction of sp³-hybridized carbons (Fsp3) is 0.167. The van der Waals surface area contributed by atoms with Crippen LogP contribution in [0.15, 0.2) is 58.9 Å². The molecule has 6 rings (SSSR count). The first kappa shape index (κ1) is 17.8. The summed E-state index contributed by atoms with van der Waals surface area (Å²) in [6.45, 7) is 0.990. The third kappa shape index (κ3) is 2.89. The molecule has 3 aliphatic heterocycles. The number of carbonyl (C=O) groups is 2. The molecule has 7 heteroatoms. The number of hydrogen-bond donors (Lipinski definition) is 0. The molecule has 1 aromatic heterocycles. The highest BCUT2D eigenvalue weighted by atomic mass is 16.6. The van der Waals surface area contributed by atoms with Crippen LogP contribution in [0.3, 0.4) is 0 Å². The summed E-state index contributed by atoms with van der Waals surface area (Å²) in [5, 5.41) is 0. The number of hydrogen-bond acceptors (Lipinski definition) is 7. The quantitative estimate of drug-likeness (QED) is 0.353. The Bertz CT molecular complexity index is 1250. The van der Waals surface area contributed by atoms with Crippen molar-refractivity contribution in [1.29, 1.82) is 0 Å². The number of rotatable bonds is 2. The SMILES string of the molecule is O=C1CC(c2ccco2)c2c(ccc3c2OC(=Cc2ccc4c(c2)OCCO4)C3=O)O1. The van der Waals surface area contributed by atoms with E-state index in [-0.39, 0.29) is 29.9 Å². The Kier molecular flexibility index (Phi) is 3.89. The Hall–Kier alpha value is -4.00. The molecule has 7 nitrogen and oxygen atoms in total. The lowest BCUT2D eigenvalue weighted by Gasteiger charge is -2.24. The molecule has 0 saturated carbocycles. The lowest BCUT2D eigenvalue weighted by Crippen LogP contribution is -2.21. The number of benzene rings is 2. The molecule has 0 spiro atoms. The van der Waals surface area contributed by atoms with Gasteiger partial charge >= 0.3 is 5.97 Å². The van der Waals surface area contributed by atoms with Crippen molar-refractivity contribution in [2.24, 2.45) is 0 Å². The molecular formula is C24H16O7. The molecule has 3 aromatic rings. The number of esters is 1. The van der Waals surface area contributed by atoms with Gasteiger partial charge < -0.3 is 23.4 Å². The average molecular weight is 416 g/mol. The van der Waals surface area contributed by atoms with Crippen molar-refractivity contribution in [1.82, 2.24) is 0 Å². The van der Waals surface area contributed by atoms with Crippen molar-refractivity contribution in [2.45, 2.75) is 12.3 Å². The normalized spacial score (nSPS) is 20.1. The number of ether oxygens (including phenoxy) is 4. The zero-order valence-electron chi connectivity index (χ0n) is 16.3. The van der Waals surface area contributed by atoms with Crippen molar-refractivity contribution in [3.05, 3.63) is 76.9 Å². The van der Waals surface area contributed by atoms with Gasteiger partial charge in [0.15, 0.2) is 17.3 Å². The number of Topliss-reactive ketones (excluding diaryl/α,β-unsaturated/α-hetero) is 1. The summed E-state index contributed by atoms with van der Waals surface area (Å²) >= 11 is 0. The van der Waals surface area contributed by atoms with Crippen molar-refractivity contribution in [3.8, 4) is 23.0 Å². The van der Waals surface area contributed by atoms with Gasteiger partial charge in [-0.2, -0.15) is 0 Å². The smallest absolute Gasteiger partial charge is 0.312 e. The van der Waals surface area contributed by atoms with Crippen LogP contribution in [0, 0.1) is 0 Å². The number of allylic oxidation sites excluding steroid dienone is 1. The van der Waals surface area contributed by atoms with Crippen LogP contribution in [0.25, 0.3) is 6.08 Å². The standard InChI is InChI=1S/C24H16O7/c25-21-12-15(16-2-1-7-27-16)22-18(30-21)6-4-14-23(26)20(31-24(14)22)11-13-3-5-17-19(10-13)29-9-8-28-17/h1-7,10-11,15H,8-9,12H2. The Morgan fingerprint density at radius 1 is 0.903 bits per heavy atom. The van der Waals surface area contributed by atoms with E-state index in [9.17, 15) is 9.59 Å². The van der Waals surface area contributed by atoms with Crippen LogP contribution in [-0.4, -0.2) is 25.0 Å². The monoisotopic (exact) mass is 416 g/mol. The number of furan rings is 1. The lowest BCUT2D eigenvalue weighted by atomic mass is 9.88. The minimum absolute atomic E-state index is 0.107. The van der Waals surface area contributed by atoms with E-state index in [2.05, 4.69) is 0 Å². The highest BCUT2D eigenvalue weighted by molar-refractivity contribution is 6.15. The second-order valence-electron chi connectivity index (χ2n) is 7.44. The fourth-order valence-electron chi connectivity index (χ4n) is 4.14. The molecule has 3 aliphatic rings. The fourth-order valence-corrected chi connectivity index (χ4v) is 4.14. The van der Waals surface area contributed by atoms with Gasteiger partial charge in [-0.15, -0.1) is 0 Å². The third-order valence-corrected chi connectivity index (χ3v) is 5.53. The minimum Gasteiger partial charge on any atom is -0.486 e. The largest absolute Gasteiger partial charge is 0.486 e. The number of carbonyl (C=O) groups excluding carboxylic acids is 2. The van der Waals surface area contributed by atoms with Gasteiger partial charge in [-0.25, -0.2) is 0 Å². The Balaban J connectivity index is 1.41. The topological polar surface area (TPSA) is 84.2 Å². The van der Waals surface area contributed by atoms with Gasteiger partial charge in [-0.3, -0.25) is 9.59 Å².